The number of nitrogens with one attached hydrogen (secondary N) is 1. The highest BCUT2D eigenvalue weighted by Crippen LogP contribution is 2.17. The zero-order chi connectivity index (χ0) is 12.0. The molecule has 0 spiro atoms. The summed E-state index contributed by atoms with van der Waals surface area (Å²) in [4.78, 5) is 4.53. The van der Waals surface area contributed by atoms with Crippen LogP contribution >= 0.6 is 11.3 Å². The summed E-state index contributed by atoms with van der Waals surface area (Å²) in [5.74, 6) is 0. The molecule has 1 aromatic heterocycles. The van der Waals surface area contributed by atoms with Crippen molar-refractivity contribution in [3.05, 3.63) is 16.1 Å². The summed E-state index contributed by atoms with van der Waals surface area (Å²) in [5, 5.41) is 7.00. The zero-order valence-electron chi connectivity index (χ0n) is 10.9. The van der Waals surface area contributed by atoms with E-state index in [2.05, 4.69) is 43.4 Å². The van der Waals surface area contributed by atoms with Crippen LogP contribution in [0, 0.1) is 6.92 Å². The van der Waals surface area contributed by atoms with Crippen LogP contribution in [0.4, 0.5) is 0 Å². The Kier molecular flexibility index (Phi) is 5.99. The van der Waals surface area contributed by atoms with Crippen LogP contribution in [-0.4, -0.2) is 11.0 Å². The maximum absolute atomic E-state index is 4.53. The van der Waals surface area contributed by atoms with Gasteiger partial charge in [-0.3, -0.25) is 0 Å². The molecule has 92 valence electrons. The molecule has 0 saturated heterocycles. The summed E-state index contributed by atoms with van der Waals surface area (Å²) in [5.41, 5.74) is 1.19. The van der Waals surface area contributed by atoms with Crippen LogP contribution in [0.15, 0.2) is 5.38 Å². The molecule has 0 amide bonds. The summed E-state index contributed by atoms with van der Waals surface area (Å²) in [6.45, 7) is 8.78. The van der Waals surface area contributed by atoms with Crippen LogP contribution in [0.3, 0.4) is 0 Å². The Bertz CT molecular complexity index is 296. The summed E-state index contributed by atoms with van der Waals surface area (Å²) >= 11 is 1.73. The molecule has 2 nitrogen and oxygen atoms in total. The molecule has 0 aliphatic heterocycles. The van der Waals surface area contributed by atoms with Gasteiger partial charge in [-0.15, -0.1) is 11.3 Å². The lowest BCUT2D eigenvalue weighted by molar-refractivity contribution is 0.406. The maximum Gasteiger partial charge on any atom is 0.0898 e. The first-order chi connectivity index (χ1) is 7.67. The second kappa shape index (κ2) is 7.02. The lowest BCUT2D eigenvalue weighted by Gasteiger charge is -2.21. The van der Waals surface area contributed by atoms with Crippen molar-refractivity contribution in [1.82, 2.24) is 10.3 Å². The number of nitrogens with zero attached hydrogens (tertiary/aromatic N) is 1. The number of hydrogen-bond acceptors (Lipinski definition) is 3. The van der Waals surface area contributed by atoms with Gasteiger partial charge in [0.1, 0.15) is 0 Å². The van der Waals surface area contributed by atoms with E-state index < -0.39 is 0 Å². The van der Waals surface area contributed by atoms with Crippen molar-refractivity contribution >= 4 is 11.3 Å². The van der Waals surface area contributed by atoms with Crippen molar-refractivity contribution in [2.75, 3.05) is 0 Å². The Morgan fingerprint density at radius 3 is 2.69 bits per heavy atom. The number of hydrogen-bond donors (Lipinski definition) is 1. The highest BCUT2D eigenvalue weighted by atomic mass is 32.1. The molecule has 0 saturated carbocycles. The fraction of sp³-hybridized carbons (Fsp3) is 0.769. The minimum atomic E-state index is 0.381. The van der Waals surface area contributed by atoms with E-state index in [9.17, 15) is 0 Å². The van der Waals surface area contributed by atoms with E-state index in [1.54, 1.807) is 11.3 Å². The molecule has 2 unspecified atom stereocenters. The van der Waals surface area contributed by atoms with Crippen LogP contribution in [0.5, 0.6) is 0 Å². The van der Waals surface area contributed by atoms with Crippen LogP contribution in [0.25, 0.3) is 0 Å². The topological polar surface area (TPSA) is 24.9 Å². The van der Waals surface area contributed by atoms with Gasteiger partial charge in [-0.25, -0.2) is 4.98 Å². The van der Waals surface area contributed by atoms with E-state index in [1.807, 2.05) is 0 Å². The van der Waals surface area contributed by atoms with Gasteiger partial charge in [0.2, 0.25) is 0 Å². The fourth-order valence-corrected chi connectivity index (χ4v) is 2.58. The van der Waals surface area contributed by atoms with Crippen LogP contribution in [0.2, 0.25) is 0 Å². The number of thiazole rings is 1. The Morgan fingerprint density at radius 2 is 2.19 bits per heavy atom. The van der Waals surface area contributed by atoms with Gasteiger partial charge in [0, 0.05) is 17.5 Å². The van der Waals surface area contributed by atoms with E-state index in [-0.39, 0.29) is 0 Å². The third-order valence-corrected chi connectivity index (χ3v) is 3.76. The molecule has 0 aliphatic rings. The third-order valence-electron chi connectivity index (χ3n) is 2.97. The van der Waals surface area contributed by atoms with Crippen molar-refractivity contribution in [1.29, 1.82) is 0 Å². The van der Waals surface area contributed by atoms with Crippen LogP contribution in [-0.2, 0) is 0 Å². The van der Waals surface area contributed by atoms with Gasteiger partial charge in [0.25, 0.3) is 0 Å². The van der Waals surface area contributed by atoms with Gasteiger partial charge >= 0.3 is 0 Å². The average Bonchev–Trinajstić information content (AvgIpc) is 2.70. The summed E-state index contributed by atoms with van der Waals surface area (Å²) in [7, 11) is 0. The van der Waals surface area contributed by atoms with Crippen molar-refractivity contribution < 1.29 is 0 Å². The molecular formula is C13H24N2S. The van der Waals surface area contributed by atoms with Crippen molar-refractivity contribution in [2.24, 2.45) is 0 Å². The van der Waals surface area contributed by atoms with Gasteiger partial charge in [0.15, 0.2) is 0 Å². The molecule has 1 heterocycles. The first kappa shape index (κ1) is 13.7. The predicted octanol–water partition coefficient (Wildman–Crippen LogP) is 4.07. The van der Waals surface area contributed by atoms with E-state index in [1.165, 1.54) is 31.4 Å². The maximum atomic E-state index is 4.53. The van der Waals surface area contributed by atoms with Gasteiger partial charge in [0.05, 0.1) is 10.7 Å². The van der Waals surface area contributed by atoms with Gasteiger partial charge in [-0.2, -0.15) is 0 Å². The molecule has 0 radical (unpaired) electrons. The number of aromatic nitrogens is 1. The monoisotopic (exact) mass is 240 g/mol. The van der Waals surface area contributed by atoms with Crippen LogP contribution < -0.4 is 5.32 Å². The van der Waals surface area contributed by atoms with Crippen LogP contribution in [0.1, 0.15) is 63.2 Å². The third kappa shape index (κ3) is 4.22. The van der Waals surface area contributed by atoms with Gasteiger partial charge in [-0.05, 0) is 26.7 Å². The van der Waals surface area contributed by atoms with E-state index in [0.717, 1.165) is 5.01 Å². The van der Waals surface area contributed by atoms with E-state index in [0.29, 0.717) is 12.1 Å². The SMILES string of the molecule is CCCCC(CC)NC(C)c1csc(C)n1. The quantitative estimate of drug-likeness (QED) is 0.777. The van der Waals surface area contributed by atoms with Gasteiger partial charge in [-0.1, -0.05) is 26.7 Å². The Labute approximate surface area is 103 Å². The Hall–Kier alpha value is -0.410. The fourth-order valence-electron chi connectivity index (χ4n) is 1.87. The van der Waals surface area contributed by atoms with Crippen molar-refractivity contribution in [3.63, 3.8) is 0 Å². The molecule has 0 bridgehead atoms. The smallest absolute Gasteiger partial charge is 0.0898 e. The minimum absolute atomic E-state index is 0.381. The minimum Gasteiger partial charge on any atom is -0.306 e. The second-order valence-corrected chi connectivity index (χ2v) is 5.49. The molecule has 1 rings (SSSR count). The first-order valence-electron chi connectivity index (χ1n) is 6.35. The predicted molar refractivity (Wildman–Crippen MR) is 72.0 cm³/mol. The Morgan fingerprint density at radius 1 is 1.44 bits per heavy atom. The largest absolute Gasteiger partial charge is 0.306 e. The van der Waals surface area contributed by atoms with Gasteiger partial charge < -0.3 is 5.32 Å². The summed E-state index contributed by atoms with van der Waals surface area (Å²) in [6, 6.07) is 1.02. The number of unbranched alkanes of at least 4 members (excludes halogenated alkanes) is 1. The molecular weight excluding hydrogens is 216 g/mol. The van der Waals surface area contributed by atoms with E-state index in [4.69, 9.17) is 0 Å². The second-order valence-electron chi connectivity index (χ2n) is 4.43. The molecule has 1 aromatic rings. The number of rotatable bonds is 7. The zero-order valence-corrected chi connectivity index (χ0v) is 11.7. The first-order valence-corrected chi connectivity index (χ1v) is 7.23. The molecule has 3 heteroatoms. The Balaban J connectivity index is 2.45. The normalized spacial score (nSPS) is 15.0. The van der Waals surface area contributed by atoms with E-state index >= 15 is 0 Å². The molecule has 0 fully saturated rings. The molecule has 0 aliphatic carbocycles. The average molecular weight is 240 g/mol. The molecule has 2 atom stereocenters. The molecule has 1 N–H and O–H groups in total. The summed E-state index contributed by atoms with van der Waals surface area (Å²) < 4.78 is 0. The molecule has 16 heavy (non-hydrogen) atoms. The summed E-state index contributed by atoms with van der Waals surface area (Å²) in [6.07, 6.45) is 5.07. The van der Waals surface area contributed by atoms with Crippen molar-refractivity contribution in [2.45, 2.75) is 65.5 Å². The molecule has 0 aromatic carbocycles. The lowest BCUT2D eigenvalue weighted by Crippen LogP contribution is -2.31. The number of aryl methyl sites for hydroxylation is 1. The highest BCUT2D eigenvalue weighted by Gasteiger charge is 2.13. The standard InChI is InChI=1S/C13H24N2S/c1-5-7-8-12(6-2)14-10(3)13-9-16-11(4)15-13/h9-10,12,14H,5-8H2,1-4H3. The van der Waals surface area contributed by atoms with Crippen molar-refractivity contribution in [3.8, 4) is 0 Å². The lowest BCUT2D eigenvalue weighted by atomic mass is 10.1. The highest BCUT2D eigenvalue weighted by molar-refractivity contribution is 7.09.